The van der Waals surface area contributed by atoms with Gasteiger partial charge >= 0.3 is 11.9 Å². The van der Waals surface area contributed by atoms with Gasteiger partial charge in [-0.15, -0.1) is 0 Å². The Morgan fingerprint density at radius 1 is 0.909 bits per heavy atom. The second-order valence-corrected chi connectivity index (χ2v) is 5.08. The molecule has 0 bridgehead atoms. The monoisotopic (exact) mass is 298 g/mol. The van der Waals surface area contributed by atoms with Gasteiger partial charge in [0.2, 0.25) is 0 Å². The molecule has 2 aromatic carbocycles. The maximum atomic E-state index is 11.8. The average molecular weight is 298 g/mol. The second-order valence-electron chi connectivity index (χ2n) is 5.08. The Balaban J connectivity index is 1.88. The minimum atomic E-state index is -0.986. The molecular weight excluding hydrogens is 280 g/mol. The summed E-state index contributed by atoms with van der Waals surface area (Å²) in [7, 11) is 0. The summed E-state index contributed by atoms with van der Waals surface area (Å²) in [6, 6.07) is 18.6. The summed E-state index contributed by atoms with van der Waals surface area (Å²) in [5.41, 5.74) is 1.77. The molecule has 2 aromatic rings. The van der Waals surface area contributed by atoms with Gasteiger partial charge in [-0.3, -0.25) is 9.59 Å². The first-order valence-corrected chi connectivity index (χ1v) is 7.11. The van der Waals surface area contributed by atoms with E-state index in [-0.39, 0.29) is 13.0 Å². The molecule has 0 radical (unpaired) electrons. The number of esters is 1. The van der Waals surface area contributed by atoms with Gasteiger partial charge in [0.25, 0.3) is 0 Å². The van der Waals surface area contributed by atoms with Crippen molar-refractivity contribution in [1.82, 2.24) is 0 Å². The van der Waals surface area contributed by atoms with Gasteiger partial charge in [0, 0.05) is 0 Å². The van der Waals surface area contributed by atoms with Crippen LogP contribution in [0.1, 0.15) is 17.5 Å². The first kappa shape index (κ1) is 15.8. The molecule has 2 rings (SSSR count). The van der Waals surface area contributed by atoms with Crippen molar-refractivity contribution < 1.29 is 19.4 Å². The summed E-state index contributed by atoms with van der Waals surface area (Å²) in [5, 5.41) is 9.26. The smallest absolute Gasteiger partial charge is 0.307 e. The van der Waals surface area contributed by atoms with Crippen molar-refractivity contribution in [2.24, 2.45) is 5.92 Å². The highest BCUT2D eigenvalue weighted by Crippen LogP contribution is 2.14. The van der Waals surface area contributed by atoms with Crippen LogP contribution in [0.4, 0.5) is 0 Å². The summed E-state index contributed by atoms with van der Waals surface area (Å²) in [4.78, 5) is 23.1. The van der Waals surface area contributed by atoms with Gasteiger partial charge in [0.1, 0.15) is 6.61 Å². The first-order valence-electron chi connectivity index (χ1n) is 7.11. The van der Waals surface area contributed by atoms with Crippen LogP contribution in [0.25, 0.3) is 0 Å². The molecule has 0 aliphatic heterocycles. The van der Waals surface area contributed by atoms with Crippen molar-refractivity contribution >= 4 is 11.9 Å². The molecule has 1 atom stereocenters. The molecule has 0 aliphatic carbocycles. The molecule has 0 saturated heterocycles. The molecule has 0 aliphatic rings. The molecule has 0 heterocycles. The maximum Gasteiger partial charge on any atom is 0.307 e. The van der Waals surface area contributed by atoms with Crippen LogP contribution in [0.5, 0.6) is 0 Å². The van der Waals surface area contributed by atoms with Gasteiger partial charge < -0.3 is 9.84 Å². The topological polar surface area (TPSA) is 63.6 Å². The van der Waals surface area contributed by atoms with Gasteiger partial charge in [-0.25, -0.2) is 0 Å². The Morgan fingerprint density at radius 3 is 2.00 bits per heavy atom. The van der Waals surface area contributed by atoms with Gasteiger partial charge in [0.05, 0.1) is 12.3 Å². The lowest BCUT2D eigenvalue weighted by atomic mass is 9.96. The minimum Gasteiger partial charge on any atom is -0.481 e. The minimum absolute atomic E-state index is 0.128. The lowest BCUT2D eigenvalue weighted by Crippen LogP contribution is -2.21. The molecule has 0 unspecified atom stereocenters. The maximum absolute atomic E-state index is 11.8. The molecule has 1 N–H and O–H groups in total. The van der Waals surface area contributed by atoms with E-state index >= 15 is 0 Å². The zero-order valence-corrected chi connectivity index (χ0v) is 12.1. The van der Waals surface area contributed by atoms with Crippen molar-refractivity contribution in [1.29, 1.82) is 0 Å². The number of benzene rings is 2. The number of ether oxygens (including phenoxy) is 1. The highest BCUT2D eigenvalue weighted by Gasteiger charge is 2.22. The van der Waals surface area contributed by atoms with Crippen LogP contribution in [-0.4, -0.2) is 17.0 Å². The number of carbonyl (C=O) groups is 2. The lowest BCUT2D eigenvalue weighted by molar-refractivity contribution is -0.152. The predicted molar refractivity (Wildman–Crippen MR) is 82.1 cm³/mol. The van der Waals surface area contributed by atoms with Crippen molar-refractivity contribution in [3.63, 3.8) is 0 Å². The molecule has 0 saturated carbocycles. The van der Waals surface area contributed by atoms with Crippen LogP contribution in [0.3, 0.4) is 0 Å². The van der Waals surface area contributed by atoms with Gasteiger partial charge in [0.15, 0.2) is 0 Å². The average Bonchev–Trinajstić information content (AvgIpc) is 2.54. The highest BCUT2D eigenvalue weighted by atomic mass is 16.5. The van der Waals surface area contributed by atoms with E-state index in [0.717, 1.165) is 11.1 Å². The lowest BCUT2D eigenvalue weighted by Gasteiger charge is -2.12. The van der Waals surface area contributed by atoms with E-state index < -0.39 is 17.9 Å². The van der Waals surface area contributed by atoms with Crippen LogP contribution < -0.4 is 0 Å². The molecule has 4 heteroatoms. The quantitative estimate of drug-likeness (QED) is 0.798. The van der Waals surface area contributed by atoms with E-state index in [4.69, 9.17) is 4.74 Å². The third-order valence-corrected chi connectivity index (χ3v) is 3.33. The Bertz CT molecular complexity index is 607. The number of aliphatic carboxylic acids is 1. The summed E-state index contributed by atoms with van der Waals surface area (Å²) in [6.07, 6.45) is 0.188. The molecule has 0 aromatic heterocycles. The third kappa shape index (κ3) is 5.05. The first-order chi connectivity index (χ1) is 10.6. The summed E-state index contributed by atoms with van der Waals surface area (Å²) < 4.78 is 5.14. The predicted octanol–water partition coefficient (Wildman–Crippen LogP) is 3.06. The van der Waals surface area contributed by atoms with Crippen molar-refractivity contribution in [2.45, 2.75) is 19.4 Å². The molecule has 0 spiro atoms. The molecule has 4 nitrogen and oxygen atoms in total. The van der Waals surface area contributed by atoms with Crippen molar-refractivity contribution in [3.8, 4) is 0 Å². The Hall–Kier alpha value is -2.62. The standard InChI is InChI=1S/C18H18O4/c19-17(22-13-15-9-5-2-6-10-15)12-16(18(20)21)11-14-7-3-1-4-8-14/h1-10,16H,11-13H2,(H,20,21)/t16-/m1/s1. The zero-order valence-electron chi connectivity index (χ0n) is 12.1. The van der Waals surface area contributed by atoms with E-state index in [2.05, 4.69) is 0 Å². The second kappa shape index (κ2) is 7.98. The summed E-state index contributed by atoms with van der Waals surface area (Å²) in [6.45, 7) is 0.164. The number of hydrogen-bond acceptors (Lipinski definition) is 3. The summed E-state index contributed by atoms with van der Waals surface area (Å²) in [5.74, 6) is -2.25. The van der Waals surface area contributed by atoms with Gasteiger partial charge in [-0.05, 0) is 17.5 Å². The molecular formula is C18H18O4. The number of carboxylic acids is 1. The van der Waals surface area contributed by atoms with Crippen molar-refractivity contribution in [3.05, 3.63) is 71.8 Å². The van der Waals surface area contributed by atoms with E-state index in [1.54, 1.807) is 0 Å². The van der Waals surface area contributed by atoms with Crippen molar-refractivity contribution in [2.75, 3.05) is 0 Å². The van der Waals surface area contributed by atoms with Crippen LogP contribution in [0, 0.1) is 5.92 Å². The number of carboxylic acid groups (broad SMARTS) is 1. The number of carbonyl (C=O) groups excluding carboxylic acids is 1. The number of rotatable bonds is 7. The Morgan fingerprint density at radius 2 is 1.45 bits per heavy atom. The van der Waals surface area contributed by atoms with Gasteiger partial charge in [-0.1, -0.05) is 60.7 Å². The fraction of sp³-hybridized carbons (Fsp3) is 0.222. The van der Waals surface area contributed by atoms with E-state index in [9.17, 15) is 14.7 Å². The fourth-order valence-corrected chi connectivity index (χ4v) is 2.14. The van der Waals surface area contributed by atoms with Crippen LogP contribution in [0.15, 0.2) is 60.7 Å². The molecule has 0 fully saturated rings. The molecule has 114 valence electrons. The highest BCUT2D eigenvalue weighted by molar-refractivity contribution is 5.79. The fourth-order valence-electron chi connectivity index (χ4n) is 2.14. The molecule has 0 amide bonds. The van der Waals surface area contributed by atoms with Gasteiger partial charge in [-0.2, -0.15) is 0 Å². The van der Waals surface area contributed by atoms with E-state index in [0.29, 0.717) is 6.42 Å². The largest absolute Gasteiger partial charge is 0.481 e. The SMILES string of the molecule is O=C(C[C@@H](Cc1ccccc1)C(=O)O)OCc1ccccc1. The molecule has 22 heavy (non-hydrogen) atoms. The third-order valence-electron chi connectivity index (χ3n) is 3.33. The van der Waals surface area contributed by atoms with Crippen LogP contribution >= 0.6 is 0 Å². The Kier molecular flexibility index (Phi) is 5.72. The van der Waals surface area contributed by atoms with E-state index in [1.165, 1.54) is 0 Å². The normalized spacial score (nSPS) is 11.6. The zero-order chi connectivity index (χ0) is 15.8. The van der Waals surface area contributed by atoms with Crippen LogP contribution in [-0.2, 0) is 27.4 Å². The summed E-state index contributed by atoms with van der Waals surface area (Å²) >= 11 is 0. The van der Waals surface area contributed by atoms with Crippen LogP contribution in [0.2, 0.25) is 0 Å². The van der Waals surface area contributed by atoms with E-state index in [1.807, 2.05) is 60.7 Å². The number of hydrogen-bond donors (Lipinski definition) is 1. The Labute approximate surface area is 129 Å².